The molecule has 0 spiro atoms. The van der Waals surface area contributed by atoms with Crippen molar-refractivity contribution in [1.29, 1.82) is 0 Å². The summed E-state index contributed by atoms with van der Waals surface area (Å²) < 4.78 is 5.40. The van der Waals surface area contributed by atoms with Crippen molar-refractivity contribution in [2.75, 3.05) is 32.5 Å². The highest BCUT2D eigenvalue weighted by Crippen LogP contribution is 2.40. The van der Waals surface area contributed by atoms with Crippen LogP contribution in [0.5, 0.6) is 5.88 Å². The molecule has 2 N–H and O–H groups in total. The number of hydrogen-bond acceptors (Lipinski definition) is 5. The third-order valence-corrected chi connectivity index (χ3v) is 5.27. The van der Waals surface area contributed by atoms with E-state index in [1.807, 2.05) is 6.07 Å². The molecule has 2 heterocycles. The van der Waals surface area contributed by atoms with Gasteiger partial charge in [-0.3, -0.25) is 0 Å². The summed E-state index contributed by atoms with van der Waals surface area (Å²) in [5.41, 5.74) is 6.68. The van der Waals surface area contributed by atoms with Crippen LogP contribution in [0.4, 0.5) is 5.82 Å². The third-order valence-electron chi connectivity index (χ3n) is 4.97. The fourth-order valence-electron chi connectivity index (χ4n) is 3.57. The van der Waals surface area contributed by atoms with Crippen LogP contribution >= 0.6 is 11.6 Å². The van der Waals surface area contributed by atoms with Crippen molar-refractivity contribution >= 4 is 23.7 Å². The number of anilines is 1. The Morgan fingerprint density at radius 2 is 2.21 bits per heavy atom. The normalized spacial score (nSPS) is 17.6. The minimum Gasteiger partial charge on any atom is -0.481 e. The van der Waals surface area contributed by atoms with E-state index in [0.717, 1.165) is 37.8 Å². The molecule has 1 atom stereocenters. The first kappa shape index (κ1) is 19.0. The molecule has 0 radical (unpaired) electrons. The Hall–Kier alpha value is -1.33. The molecule has 5 nitrogen and oxygen atoms in total. The van der Waals surface area contributed by atoms with Crippen molar-refractivity contribution in [3.8, 4) is 5.88 Å². The van der Waals surface area contributed by atoms with Crippen LogP contribution in [0.15, 0.2) is 6.07 Å². The van der Waals surface area contributed by atoms with Gasteiger partial charge in [0.25, 0.3) is 0 Å². The second kappa shape index (κ2) is 9.23. The summed E-state index contributed by atoms with van der Waals surface area (Å²) in [7, 11) is 1.57. The molecule has 6 heteroatoms. The van der Waals surface area contributed by atoms with Gasteiger partial charge >= 0.3 is 0 Å². The van der Waals surface area contributed by atoms with E-state index in [9.17, 15) is 4.79 Å². The Labute approximate surface area is 149 Å². The summed E-state index contributed by atoms with van der Waals surface area (Å²) in [6.45, 7) is 5.55. The molecule has 0 saturated carbocycles. The molecule has 1 aromatic heterocycles. The Kier molecular flexibility index (Phi) is 7.31. The first-order chi connectivity index (χ1) is 11.6. The van der Waals surface area contributed by atoms with Crippen LogP contribution in [0, 0.1) is 5.92 Å². The summed E-state index contributed by atoms with van der Waals surface area (Å²) in [4.78, 5) is 18.0. The lowest BCUT2D eigenvalue weighted by Crippen LogP contribution is -2.36. The Bertz CT molecular complexity index is 545. The minimum atomic E-state index is 0.0800. The van der Waals surface area contributed by atoms with Crippen molar-refractivity contribution in [2.45, 2.75) is 44.9 Å². The number of methoxy groups -OCH3 is 1. The number of hydrogen-bond donors (Lipinski definition) is 1. The molecule has 134 valence electrons. The number of nitrogens with zero attached hydrogens (tertiary/aromatic N) is 2. The number of aromatic nitrogens is 1. The maximum Gasteiger partial charge on any atom is 0.218 e. The number of rotatable bonds is 8. The summed E-state index contributed by atoms with van der Waals surface area (Å²) in [6, 6.07) is 1.82. The molecule has 1 saturated heterocycles. The standard InChI is InChI=1S/C18H28ClN3O2/c1-3-4-8-22-9-5-13(6-10-22)14(7-11-23)15-12-16(19)17(20)21-18(15)24-2/h11-14H,3-10H2,1-2H3,(H2,20,21). The van der Waals surface area contributed by atoms with E-state index in [1.165, 1.54) is 19.4 Å². The number of nitrogen functional groups attached to an aromatic ring is 1. The van der Waals surface area contributed by atoms with Gasteiger partial charge in [0.2, 0.25) is 5.88 Å². The number of halogens is 1. The largest absolute Gasteiger partial charge is 0.481 e. The number of aldehydes is 1. The quantitative estimate of drug-likeness (QED) is 0.724. The molecule has 0 aromatic carbocycles. The van der Waals surface area contributed by atoms with Gasteiger partial charge in [0.05, 0.1) is 12.1 Å². The molecule has 0 aliphatic carbocycles. The number of carbonyl (C=O) groups excluding carboxylic acids is 1. The predicted octanol–water partition coefficient (Wildman–Crippen LogP) is 3.51. The van der Waals surface area contributed by atoms with E-state index in [2.05, 4.69) is 16.8 Å². The third kappa shape index (κ3) is 4.61. The van der Waals surface area contributed by atoms with E-state index in [-0.39, 0.29) is 11.7 Å². The zero-order valence-electron chi connectivity index (χ0n) is 14.6. The summed E-state index contributed by atoms with van der Waals surface area (Å²) in [6.07, 6.45) is 6.06. The van der Waals surface area contributed by atoms with Crippen molar-refractivity contribution in [3.05, 3.63) is 16.7 Å². The molecule has 1 fully saturated rings. The first-order valence-corrected chi connectivity index (χ1v) is 9.14. The summed E-state index contributed by atoms with van der Waals surface area (Å²) in [5, 5.41) is 0.419. The van der Waals surface area contributed by atoms with Crippen LogP contribution in [0.3, 0.4) is 0 Å². The lowest BCUT2D eigenvalue weighted by atomic mass is 9.78. The second-order valence-corrected chi connectivity index (χ2v) is 6.90. The summed E-state index contributed by atoms with van der Waals surface area (Å²) >= 11 is 6.17. The van der Waals surface area contributed by atoms with Crippen LogP contribution in [-0.4, -0.2) is 42.9 Å². The molecule has 1 aliphatic rings. The summed E-state index contributed by atoms with van der Waals surface area (Å²) in [5.74, 6) is 1.26. The Morgan fingerprint density at radius 1 is 1.50 bits per heavy atom. The van der Waals surface area contributed by atoms with Gasteiger partial charge in [-0.05, 0) is 56.8 Å². The minimum absolute atomic E-state index is 0.0800. The Balaban J connectivity index is 2.16. The van der Waals surface area contributed by atoms with Crippen molar-refractivity contribution < 1.29 is 9.53 Å². The van der Waals surface area contributed by atoms with E-state index in [0.29, 0.717) is 23.2 Å². The molecule has 1 aliphatic heterocycles. The molecule has 24 heavy (non-hydrogen) atoms. The van der Waals surface area contributed by atoms with E-state index < -0.39 is 0 Å². The number of likely N-dealkylation sites (tertiary alicyclic amines) is 1. The zero-order valence-corrected chi connectivity index (χ0v) is 15.4. The van der Waals surface area contributed by atoms with Crippen LogP contribution in [0.2, 0.25) is 5.02 Å². The SMILES string of the molecule is CCCCN1CCC(C(CC=O)c2cc(Cl)c(N)nc2OC)CC1. The van der Waals surface area contributed by atoms with Crippen LogP contribution in [0.1, 0.15) is 50.5 Å². The maximum atomic E-state index is 11.3. The van der Waals surface area contributed by atoms with Gasteiger partial charge in [-0.25, -0.2) is 0 Å². The van der Waals surface area contributed by atoms with Gasteiger partial charge < -0.3 is 20.2 Å². The number of carbonyl (C=O) groups is 1. The molecule has 0 bridgehead atoms. The molecule has 1 aromatic rings. The van der Waals surface area contributed by atoms with E-state index in [4.69, 9.17) is 22.1 Å². The van der Waals surface area contributed by atoms with Gasteiger partial charge in [-0.2, -0.15) is 4.98 Å². The van der Waals surface area contributed by atoms with Crippen LogP contribution in [0.25, 0.3) is 0 Å². The molecule has 0 amide bonds. The number of piperidine rings is 1. The average Bonchev–Trinajstić information content (AvgIpc) is 2.60. The highest BCUT2D eigenvalue weighted by atomic mass is 35.5. The fourth-order valence-corrected chi connectivity index (χ4v) is 3.73. The Morgan fingerprint density at radius 3 is 2.79 bits per heavy atom. The fraction of sp³-hybridized carbons (Fsp3) is 0.667. The van der Waals surface area contributed by atoms with Crippen LogP contribution < -0.4 is 10.5 Å². The molecular weight excluding hydrogens is 326 g/mol. The molecular formula is C18H28ClN3O2. The van der Waals surface area contributed by atoms with Crippen molar-refractivity contribution in [2.24, 2.45) is 5.92 Å². The second-order valence-electron chi connectivity index (χ2n) is 6.50. The van der Waals surface area contributed by atoms with Gasteiger partial charge in [0, 0.05) is 12.0 Å². The topological polar surface area (TPSA) is 68.5 Å². The number of ether oxygens (including phenoxy) is 1. The number of unbranched alkanes of at least 4 members (excludes halogenated alkanes) is 1. The zero-order chi connectivity index (χ0) is 17.5. The van der Waals surface area contributed by atoms with E-state index in [1.54, 1.807) is 7.11 Å². The highest BCUT2D eigenvalue weighted by Gasteiger charge is 2.30. The average molecular weight is 354 g/mol. The predicted molar refractivity (Wildman–Crippen MR) is 97.7 cm³/mol. The monoisotopic (exact) mass is 353 g/mol. The molecule has 1 unspecified atom stereocenters. The van der Waals surface area contributed by atoms with Crippen molar-refractivity contribution in [1.82, 2.24) is 9.88 Å². The highest BCUT2D eigenvalue weighted by molar-refractivity contribution is 6.32. The number of nitrogens with two attached hydrogens (primary N) is 1. The smallest absolute Gasteiger partial charge is 0.218 e. The lowest BCUT2D eigenvalue weighted by Gasteiger charge is -2.36. The van der Waals surface area contributed by atoms with Crippen LogP contribution in [-0.2, 0) is 4.79 Å². The van der Waals surface area contributed by atoms with Crippen molar-refractivity contribution in [3.63, 3.8) is 0 Å². The first-order valence-electron chi connectivity index (χ1n) is 8.76. The molecule has 2 rings (SSSR count). The van der Waals surface area contributed by atoms with Gasteiger partial charge in [0.1, 0.15) is 12.1 Å². The van der Waals surface area contributed by atoms with E-state index >= 15 is 0 Å². The maximum absolute atomic E-state index is 11.3. The number of pyridine rings is 1. The van der Waals surface area contributed by atoms with Gasteiger partial charge in [-0.15, -0.1) is 0 Å². The van der Waals surface area contributed by atoms with Gasteiger partial charge in [-0.1, -0.05) is 24.9 Å². The van der Waals surface area contributed by atoms with Gasteiger partial charge in [0.15, 0.2) is 0 Å². The lowest BCUT2D eigenvalue weighted by molar-refractivity contribution is -0.108.